The molecule has 0 saturated carbocycles. The summed E-state index contributed by atoms with van der Waals surface area (Å²) in [6, 6.07) is 0. The second-order valence-corrected chi connectivity index (χ2v) is 4.36. The normalized spacial score (nSPS) is 10.6. The summed E-state index contributed by atoms with van der Waals surface area (Å²) in [5.41, 5.74) is 1.04. The highest BCUT2D eigenvalue weighted by Crippen LogP contribution is 2.22. The van der Waals surface area contributed by atoms with Crippen LogP contribution in [0.4, 0.5) is 5.82 Å². The Morgan fingerprint density at radius 2 is 2.06 bits per heavy atom. The van der Waals surface area contributed by atoms with Crippen LogP contribution in [0.5, 0.6) is 0 Å². The van der Waals surface area contributed by atoms with Crippen LogP contribution in [-0.2, 0) is 6.54 Å². The Kier molecular flexibility index (Phi) is 3.28. The number of hydrogen-bond acceptors (Lipinski definition) is 4. The van der Waals surface area contributed by atoms with Gasteiger partial charge in [0.25, 0.3) is 0 Å². The number of nitrogens with zero attached hydrogens (tertiary/aromatic N) is 4. The third-order valence-corrected chi connectivity index (χ3v) is 2.62. The van der Waals surface area contributed by atoms with Gasteiger partial charge in [-0.1, -0.05) is 11.6 Å². The highest BCUT2D eigenvalue weighted by Gasteiger charge is 2.10. The molecule has 90 valence electrons. The Bertz CT molecular complexity index is 522. The van der Waals surface area contributed by atoms with Crippen LogP contribution in [0.1, 0.15) is 17.3 Å². The molecular weight excluding hydrogens is 238 g/mol. The monoisotopic (exact) mass is 251 g/mol. The fraction of sp³-hybridized carbons (Fsp3) is 0.364. The maximum atomic E-state index is 6.07. The minimum atomic E-state index is 0.543. The fourth-order valence-electron chi connectivity index (χ4n) is 1.56. The maximum Gasteiger partial charge on any atom is 0.151 e. The fourth-order valence-corrected chi connectivity index (χ4v) is 1.79. The second kappa shape index (κ2) is 4.71. The number of nitrogens with one attached hydrogen (secondary N) is 1. The molecule has 0 aliphatic carbocycles. The van der Waals surface area contributed by atoms with Crippen molar-refractivity contribution in [2.75, 3.05) is 11.9 Å². The zero-order valence-electron chi connectivity index (χ0n) is 10.0. The minimum Gasteiger partial charge on any atom is -0.351 e. The van der Waals surface area contributed by atoms with Crippen LogP contribution in [0.3, 0.4) is 0 Å². The molecule has 0 saturated heterocycles. The van der Waals surface area contributed by atoms with Gasteiger partial charge in [-0.05, 0) is 13.8 Å². The Labute approximate surface area is 105 Å². The molecule has 2 heterocycles. The van der Waals surface area contributed by atoms with Crippen LogP contribution in [0.15, 0.2) is 12.4 Å². The molecule has 0 radical (unpaired) electrons. The lowest BCUT2D eigenvalue weighted by Gasteiger charge is -2.18. The third-order valence-electron chi connectivity index (χ3n) is 2.35. The Morgan fingerprint density at radius 1 is 1.29 bits per heavy atom. The molecule has 17 heavy (non-hydrogen) atoms. The van der Waals surface area contributed by atoms with E-state index in [0.29, 0.717) is 23.2 Å². The lowest BCUT2D eigenvalue weighted by Crippen LogP contribution is -2.19. The predicted molar refractivity (Wildman–Crippen MR) is 67.2 cm³/mol. The van der Waals surface area contributed by atoms with E-state index in [0.717, 1.165) is 11.5 Å². The van der Waals surface area contributed by atoms with Crippen molar-refractivity contribution in [1.29, 1.82) is 0 Å². The number of H-pyrrole nitrogens is 1. The lowest BCUT2D eigenvalue weighted by atomic mass is 10.4. The van der Waals surface area contributed by atoms with Gasteiger partial charge in [-0.3, -0.25) is 0 Å². The van der Waals surface area contributed by atoms with Crippen molar-refractivity contribution in [2.24, 2.45) is 0 Å². The Balaban J connectivity index is 2.19. The molecule has 6 heteroatoms. The van der Waals surface area contributed by atoms with E-state index in [2.05, 4.69) is 19.9 Å². The smallest absolute Gasteiger partial charge is 0.151 e. The summed E-state index contributed by atoms with van der Waals surface area (Å²) in [6.45, 7) is 4.44. The summed E-state index contributed by atoms with van der Waals surface area (Å²) in [7, 11) is 1.92. The van der Waals surface area contributed by atoms with Crippen molar-refractivity contribution >= 4 is 17.4 Å². The number of halogens is 1. The van der Waals surface area contributed by atoms with Gasteiger partial charge in [0.2, 0.25) is 0 Å². The first-order valence-electron chi connectivity index (χ1n) is 5.27. The van der Waals surface area contributed by atoms with Crippen molar-refractivity contribution in [3.63, 3.8) is 0 Å². The number of aromatic nitrogens is 4. The molecule has 0 atom stereocenters. The highest BCUT2D eigenvalue weighted by molar-refractivity contribution is 6.32. The Hall–Kier alpha value is -1.62. The van der Waals surface area contributed by atoms with Gasteiger partial charge >= 0.3 is 0 Å². The van der Waals surface area contributed by atoms with E-state index in [1.807, 2.05) is 25.8 Å². The average Bonchev–Trinajstić information content (AvgIpc) is 2.67. The quantitative estimate of drug-likeness (QED) is 0.908. The van der Waals surface area contributed by atoms with E-state index >= 15 is 0 Å². The van der Waals surface area contributed by atoms with Crippen LogP contribution in [0.2, 0.25) is 5.02 Å². The van der Waals surface area contributed by atoms with E-state index in [4.69, 9.17) is 11.6 Å². The zero-order valence-corrected chi connectivity index (χ0v) is 10.8. The van der Waals surface area contributed by atoms with Gasteiger partial charge < -0.3 is 9.88 Å². The van der Waals surface area contributed by atoms with E-state index in [1.54, 1.807) is 12.4 Å². The third kappa shape index (κ3) is 2.74. The molecule has 0 aliphatic heterocycles. The molecule has 0 aromatic carbocycles. The van der Waals surface area contributed by atoms with Crippen molar-refractivity contribution in [1.82, 2.24) is 19.9 Å². The molecule has 5 nitrogen and oxygen atoms in total. The van der Waals surface area contributed by atoms with Gasteiger partial charge in [-0.2, -0.15) is 0 Å². The van der Waals surface area contributed by atoms with E-state index < -0.39 is 0 Å². The molecular formula is C11H14ClN5. The van der Waals surface area contributed by atoms with Gasteiger partial charge in [-0.15, -0.1) is 0 Å². The van der Waals surface area contributed by atoms with Crippen LogP contribution < -0.4 is 4.90 Å². The molecule has 2 aromatic heterocycles. The summed E-state index contributed by atoms with van der Waals surface area (Å²) in [5, 5.41) is 0.543. The van der Waals surface area contributed by atoms with E-state index in [-0.39, 0.29) is 0 Å². The molecule has 0 unspecified atom stereocenters. The number of aromatic amines is 1. The van der Waals surface area contributed by atoms with Crippen LogP contribution in [-0.4, -0.2) is 27.0 Å². The molecule has 0 fully saturated rings. The second-order valence-electron chi connectivity index (χ2n) is 3.96. The van der Waals surface area contributed by atoms with Gasteiger partial charge in [0.05, 0.1) is 12.7 Å². The van der Waals surface area contributed by atoms with Crippen molar-refractivity contribution < 1.29 is 0 Å². The molecule has 2 aromatic rings. The number of imidazole rings is 1. The number of hydrogen-bond donors (Lipinski definition) is 1. The molecule has 2 rings (SSSR count). The van der Waals surface area contributed by atoms with Crippen molar-refractivity contribution in [3.05, 3.63) is 34.8 Å². The highest BCUT2D eigenvalue weighted by atomic mass is 35.5. The zero-order chi connectivity index (χ0) is 12.4. The first-order chi connectivity index (χ1) is 8.06. The number of anilines is 1. The first-order valence-corrected chi connectivity index (χ1v) is 5.65. The molecule has 0 bridgehead atoms. The summed E-state index contributed by atoms with van der Waals surface area (Å²) in [6.07, 6.45) is 3.42. The predicted octanol–water partition coefficient (Wildman–Crippen LogP) is 2.11. The molecule has 0 amide bonds. The largest absolute Gasteiger partial charge is 0.351 e. The summed E-state index contributed by atoms with van der Waals surface area (Å²) in [4.78, 5) is 17.7. The number of rotatable bonds is 3. The lowest BCUT2D eigenvalue weighted by molar-refractivity contribution is 0.831. The van der Waals surface area contributed by atoms with Crippen LogP contribution in [0.25, 0.3) is 0 Å². The summed E-state index contributed by atoms with van der Waals surface area (Å²) in [5.74, 6) is 2.30. The topological polar surface area (TPSA) is 57.7 Å². The van der Waals surface area contributed by atoms with E-state index in [1.165, 1.54) is 0 Å². The van der Waals surface area contributed by atoms with Crippen LogP contribution >= 0.6 is 11.6 Å². The minimum absolute atomic E-state index is 0.543. The van der Waals surface area contributed by atoms with Crippen molar-refractivity contribution in [2.45, 2.75) is 20.4 Å². The van der Waals surface area contributed by atoms with Gasteiger partial charge in [0.15, 0.2) is 5.82 Å². The first kappa shape index (κ1) is 11.9. The van der Waals surface area contributed by atoms with Crippen LogP contribution in [0, 0.1) is 13.8 Å². The standard InChI is InChI=1S/C11H14ClN5/c1-7-4-14-10(15-7)6-17(3)11-9(12)5-13-8(2)16-11/h4-5H,6H2,1-3H3,(H,14,15). The SMILES string of the molecule is Cc1ncc(Cl)c(N(C)Cc2ncc(C)[nH]2)n1. The molecule has 0 aliphatic rings. The molecule has 0 spiro atoms. The van der Waals surface area contributed by atoms with Gasteiger partial charge in [0, 0.05) is 18.9 Å². The molecule has 1 N–H and O–H groups in total. The van der Waals surface area contributed by atoms with Crippen molar-refractivity contribution in [3.8, 4) is 0 Å². The summed E-state index contributed by atoms with van der Waals surface area (Å²) < 4.78 is 0. The number of aryl methyl sites for hydroxylation is 2. The average molecular weight is 252 g/mol. The summed E-state index contributed by atoms with van der Waals surface area (Å²) >= 11 is 6.07. The van der Waals surface area contributed by atoms with E-state index in [9.17, 15) is 0 Å². The van der Waals surface area contributed by atoms with Gasteiger partial charge in [-0.25, -0.2) is 15.0 Å². The Morgan fingerprint density at radius 3 is 2.71 bits per heavy atom. The van der Waals surface area contributed by atoms with Gasteiger partial charge in [0.1, 0.15) is 16.7 Å². The maximum absolute atomic E-state index is 6.07.